The highest BCUT2D eigenvalue weighted by atomic mass is 32.2. The summed E-state index contributed by atoms with van der Waals surface area (Å²) in [5.74, 6) is 1.88. The molecule has 0 saturated carbocycles. The number of aryl methyl sites for hydroxylation is 2. The predicted molar refractivity (Wildman–Crippen MR) is 111 cm³/mol. The van der Waals surface area contributed by atoms with Crippen molar-refractivity contribution in [2.75, 3.05) is 23.4 Å². The smallest absolute Gasteiger partial charge is 0.251 e. The molecule has 2 amide bonds. The first kappa shape index (κ1) is 18.9. The Morgan fingerprint density at radius 3 is 2.23 bits per heavy atom. The van der Waals surface area contributed by atoms with E-state index in [0.717, 1.165) is 16.8 Å². The molecule has 4 nitrogen and oxygen atoms in total. The van der Waals surface area contributed by atoms with Crippen LogP contribution in [-0.2, 0) is 4.79 Å². The molecule has 6 heteroatoms. The Labute approximate surface area is 162 Å². The van der Waals surface area contributed by atoms with E-state index in [2.05, 4.69) is 10.6 Å². The van der Waals surface area contributed by atoms with Gasteiger partial charge in [-0.3, -0.25) is 9.59 Å². The van der Waals surface area contributed by atoms with Crippen LogP contribution in [0.15, 0.2) is 42.5 Å². The Morgan fingerprint density at radius 2 is 1.62 bits per heavy atom. The molecule has 0 unspecified atom stereocenters. The summed E-state index contributed by atoms with van der Waals surface area (Å²) < 4.78 is 0.468. The molecule has 26 heavy (non-hydrogen) atoms. The van der Waals surface area contributed by atoms with Crippen LogP contribution in [0.25, 0.3) is 0 Å². The average Bonchev–Trinajstić information content (AvgIpc) is 3.18. The molecule has 2 N–H and O–H groups in total. The third-order valence-electron chi connectivity index (χ3n) is 4.22. The van der Waals surface area contributed by atoms with Crippen LogP contribution in [0.5, 0.6) is 0 Å². The van der Waals surface area contributed by atoms with Crippen molar-refractivity contribution >= 4 is 41.0 Å². The largest absolute Gasteiger partial charge is 0.343 e. The maximum Gasteiger partial charge on any atom is 0.251 e. The van der Waals surface area contributed by atoms with Gasteiger partial charge in [0.15, 0.2) is 0 Å². The minimum atomic E-state index is -0.236. The van der Waals surface area contributed by atoms with E-state index in [-0.39, 0.29) is 18.4 Å². The molecule has 2 aromatic rings. The molecule has 0 radical (unpaired) electrons. The van der Waals surface area contributed by atoms with Gasteiger partial charge in [0, 0.05) is 22.8 Å². The summed E-state index contributed by atoms with van der Waals surface area (Å²) in [6, 6.07) is 13.5. The zero-order valence-electron chi connectivity index (χ0n) is 14.9. The number of benzene rings is 2. The topological polar surface area (TPSA) is 58.2 Å². The summed E-state index contributed by atoms with van der Waals surface area (Å²) in [5.41, 5.74) is 4.62. The number of hydrogen-bond acceptors (Lipinski definition) is 4. The Bertz CT molecular complexity index is 780. The van der Waals surface area contributed by atoms with Crippen LogP contribution >= 0.6 is 23.5 Å². The van der Waals surface area contributed by atoms with E-state index in [1.165, 1.54) is 17.1 Å². The number of thioether (sulfide) groups is 2. The van der Waals surface area contributed by atoms with Crippen LogP contribution in [0.3, 0.4) is 0 Å². The highest BCUT2D eigenvalue weighted by molar-refractivity contribution is 8.19. The number of hydrogen-bond donors (Lipinski definition) is 2. The van der Waals surface area contributed by atoms with Gasteiger partial charge < -0.3 is 10.6 Å². The summed E-state index contributed by atoms with van der Waals surface area (Å²) in [6.07, 6.45) is 0. The zero-order valence-corrected chi connectivity index (χ0v) is 16.5. The average molecular weight is 387 g/mol. The minimum Gasteiger partial charge on any atom is -0.343 e. The lowest BCUT2D eigenvalue weighted by Crippen LogP contribution is -2.33. The molecule has 1 heterocycles. The second kappa shape index (κ2) is 8.64. The van der Waals surface area contributed by atoms with Crippen molar-refractivity contribution in [2.45, 2.75) is 18.4 Å². The third-order valence-corrected chi connectivity index (χ3v) is 7.33. The van der Waals surface area contributed by atoms with Gasteiger partial charge in [-0.25, -0.2) is 0 Å². The van der Waals surface area contributed by atoms with Gasteiger partial charge in [-0.05, 0) is 42.7 Å². The van der Waals surface area contributed by atoms with Gasteiger partial charge in [0.1, 0.15) is 0 Å². The Kier molecular flexibility index (Phi) is 6.27. The molecule has 0 atom stereocenters. The summed E-state index contributed by atoms with van der Waals surface area (Å²) >= 11 is 3.87. The van der Waals surface area contributed by atoms with Crippen molar-refractivity contribution in [3.63, 3.8) is 0 Å². The molecule has 0 aliphatic carbocycles. The summed E-state index contributed by atoms with van der Waals surface area (Å²) in [6.45, 7) is 3.84. The van der Waals surface area contributed by atoms with E-state index in [0.29, 0.717) is 10.1 Å². The third kappa shape index (κ3) is 4.62. The number of carbonyl (C=O) groups is 2. The van der Waals surface area contributed by atoms with E-state index < -0.39 is 0 Å². The van der Waals surface area contributed by atoms with Crippen molar-refractivity contribution in [2.24, 2.45) is 0 Å². The molecular weight excluding hydrogens is 364 g/mol. The van der Waals surface area contributed by atoms with Gasteiger partial charge in [0.2, 0.25) is 5.91 Å². The Balaban J connectivity index is 1.54. The molecule has 1 aliphatic rings. The number of amides is 2. The molecule has 0 bridgehead atoms. The van der Waals surface area contributed by atoms with Crippen LogP contribution in [0, 0.1) is 13.8 Å². The maximum absolute atomic E-state index is 12.3. The normalized spacial score (nSPS) is 14.2. The number of carbonyl (C=O) groups excluding carboxylic acids is 2. The fourth-order valence-electron chi connectivity index (χ4n) is 2.80. The Hall–Kier alpha value is -1.92. The molecular formula is C20H22N2O2S2. The quantitative estimate of drug-likeness (QED) is 0.810. The molecule has 2 aromatic carbocycles. The Morgan fingerprint density at radius 1 is 1.00 bits per heavy atom. The first-order valence-electron chi connectivity index (χ1n) is 8.52. The second-order valence-corrected chi connectivity index (χ2v) is 8.92. The van der Waals surface area contributed by atoms with E-state index >= 15 is 0 Å². The van der Waals surface area contributed by atoms with Crippen molar-refractivity contribution < 1.29 is 9.59 Å². The number of anilines is 1. The number of nitrogens with one attached hydrogen (secondary N) is 2. The van der Waals surface area contributed by atoms with E-state index in [4.69, 9.17) is 0 Å². The van der Waals surface area contributed by atoms with Crippen molar-refractivity contribution in [3.8, 4) is 0 Å². The molecule has 136 valence electrons. The van der Waals surface area contributed by atoms with Gasteiger partial charge >= 0.3 is 0 Å². The summed E-state index contributed by atoms with van der Waals surface area (Å²) in [4.78, 5) is 24.4. The lowest BCUT2D eigenvalue weighted by molar-refractivity contribution is -0.115. The fraction of sp³-hybridized carbons (Fsp3) is 0.300. The van der Waals surface area contributed by atoms with Gasteiger partial charge in [-0.1, -0.05) is 30.3 Å². The SMILES string of the molecule is Cc1cccc(C)c1NC(=O)CNC(=O)c1ccc(C2SCCS2)cc1. The van der Waals surface area contributed by atoms with Gasteiger partial charge in [0.05, 0.1) is 11.1 Å². The van der Waals surface area contributed by atoms with Crippen LogP contribution < -0.4 is 10.6 Å². The molecule has 0 aromatic heterocycles. The second-order valence-electron chi connectivity index (χ2n) is 6.19. The van der Waals surface area contributed by atoms with Crippen LogP contribution in [0.4, 0.5) is 5.69 Å². The number of para-hydroxylation sites is 1. The minimum absolute atomic E-state index is 0.0529. The highest BCUT2D eigenvalue weighted by Gasteiger charge is 2.18. The van der Waals surface area contributed by atoms with Crippen molar-refractivity contribution in [3.05, 3.63) is 64.7 Å². The first-order valence-corrected chi connectivity index (χ1v) is 10.6. The monoisotopic (exact) mass is 386 g/mol. The van der Waals surface area contributed by atoms with Gasteiger partial charge in [0.25, 0.3) is 5.91 Å². The van der Waals surface area contributed by atoms with Crippen LogP contribution in [0.2, 0.25) is 0 Å². The van der Waals surface area contributed by atoms with E-state index in [9.17, 15) is 9.59 Å². The molecule has 3 rings (SSSR count). The maximum atomic E-state index is 12.3. The zero-order chi connectivity index (χ0) is 18.5. The van der Waals surface area contributed by atoms with Gasteiger partial charge in [-0.15, -0.1) is 23.5 Å². The van der Waals surface area contributed by atoms with Crippen LogP contribution in [-0.4, -0.2) is 29.9 Å². The summed E-state index contributed by atoms with van der Waals surface area (Å²) in [7, 11) is 0. The van der Waals surface area contributed by atoms with E-state index in [1.807, 2.05) is 79.8 Å². The lowest BCUT2D eigenvalue weighted by atomic mass is 10.1. The molecule has 1 fully saturated rings. The van der Waals surface area contributed by atoms with Gasteiger partial charge in [-0.2, -0.15) is 0 Å². The predicted octanol–water partition coefficient (Wildman–Crippen LogP) is 4.15. The van der Waals surface area contributed by atoms with Crippen molar-refractivity contribution in [1.29, 1.82) is 0 Å². The molecule has 0 spiro atoms. The summed E-state index contributed by atoms with van der Waals surface area (Å²) in [5, 5.41) is 5.56. The molecule has 1 aliphatic heterocycles. The first-order chi connectivity index (χ1) is 12.5. The number of rotatable bonds is 5. The fourth-order valence-corrected chi connectivity index (χ4v) is 5.66. The highest BCUT2D eigenvalue weighted by Crippen LogP contribution is 2.45. The van der Waals surface area contributed by atoms with E-state index in [1.54, 1.807) is 0 Å². The lowest BCUT2D eigenvalue weighted by Gasteiger charge is -2.12. The van der Waals surface area contributed by atoms with Crippen molar-refractivity contribution in [1.82, 2.24) is 5.32 Å². The molecule has 1 saturated heterocycles. The van der Waals surface area contributed by atoms with Crippen LogP contribution in [0.1, 0.15) is 31.6 Å². The standard InChI is InChI=1S/C20H22N2O2S2/c1-13-4-3-5-14(2)18(13)22-17(23)12-21-19(24)15-6-8-16(9-7-15)20-25-10-11-26-20/h3-9,20H,10-12H2,1-2H3,(H,21,24)(H,22,23).